The van der Waals surface area contributed by atoms with Crippen molar-refractivity contribution in [1.29, 1.82) is 0 Å². The van der Waals surface area contributed by atoms with Gasteiger partial charge >= 0.3 is 5.97 Å². The summed E-state index contributed by atoms with van der Waals surface area (Å²) in [6.07, 6.45) is 8.15. The normalized spacial score (nSPS) is 16.1. The molecule has 3 rings (SSSR count). The maximum absolute atomic E-state index is 12.2. The Morgan fingerprint density at radius 1 is 1.25 bits per heavy atom. The van der Waals surface area contributed by atoms with Crippen LogP contribution >= 0.6 is 11.6 Å². The van der Waals surface area contributed by atoms with E-state index in [2.05, 4.69) is 15.2 Å². The molecule has 1 aromatic carbocycles. The second kappa shape index (κ2) is 8.06. The highest BCUT2D eigenvalue weighted by Crippen LogP contribution is 2.24. The third kappa shape index (κ3) is 4.41. The molecule has 1 heterocycles. The average molecular weight is 347 g/mol. The Bertz CT molecular complexity index is 692. The lowest BCUT2D eigenvalue weighted by Gasteiger charge is -2.18. The smallest absolute Gasteiger partial charge is 0.318 e. The number of halogens is 1. The van der Waals surface area contributed by atoms with Gasteiger partial charge in [0.05, 0.1) is 12.5 Å². The van der Waals surface area contributed by atoms with Crippen molar-refractivity contribution in [2.24, 2.45) is 11.1 Å². The number of rotatable bonds is 5. The summed E-state index contributed by atoms with van der Waals surface area (Å²) in [7, 11) is 0. The molecule has 24 heavy (non-hydrogen) atoms. The van der Waals surface area contributed by atoms with Crippen LogP contribution in [0.4, 0.5) is 0 Å². The Labute approximate surface area is 145 Å². The van der Waals surface area contributed by atoms with Crippen molar-refractivity contribution in [3.63, 3.8) is 0 Å². The Morgan fingerprint density at radius 3 is 2.67 bits per heavy atom. The zero-order chi connectivity index (χ0) is 16.8. The average Bonchev–Trinajstić information content (AvgIpc) is 3.13. The highest BCUT2D eigenvalue weighted by molar-refractivity contribution is 6.30. The number of oxime groups is 1. The van der Waals surface area contributed by atoms with E-state index in [1.165, 1.54) is 12.7 Å². The van der Waals surface area contributed by atoms with Crippen molar-refractivity contribution in [1.82, 2.24) is 14.8 Å². The fourth-order valence-electron chi connectivity index (χ4n) is 2.80. The molecular weight excluding hydrogens is 328 g/mol. The van der Waals surface area contributed by atoms with E-state index in [-0.39, 0.29) is 11.9 Å². The first-order chi connectivity index (χ1) is 11.7. The molecule has 1 aliphatic rings. The van der Waals surface area contributed by atoms with Gasteiger partial charge in [-0.15, -0.1) is 0 Å². The fourth-order valence-corrected chi connectivity index (χ4v) is 2.92. The van der Waals surface area contributed by atoms with Crippen molar-refractivity contribution >= 4 is 23.3 Å². The van der Waals surface area contributed by atoms with Crippen LogP contribution in [-0.4, -0.2) is 26.4 Å². The molecule has 0 aliphatic heterocycles. The SMILES string of the molecule is O=C(ON=C(Cn1cncn1)c1ccc(Cl)cc1)C1CCCCC1. The monoisotopic (exact) mass is 346 g/mol. The van der Waals surface area contributed by atoms with E-state index in [9.17, 15) is 4.79 Å². The van der Waals surface area contributed by atoms with Crippen LogP contribution in [0.1, 0.15) is 37.7 Å². The van der Waals surface area contributed by atoms with Crippen molar-refractivity contribution in [3.05, 3.63) is 47.5 Å². The van der Waals surface area contributed by atoms with Crippen molar-refractivity contribution < 1.29 is 9.63 Å². The molecule has 0 radical (unpaired) electrons. The van der Waals surface area contributed by atoms with Crippen LogP contribution in [0.2, 0.25) is 5.02 Å². The van der Waals surface area contributed by atoms with Gasteiger partial charge in [-0.1, -0.05) is 48.2 Å². The second-order valence-corrected chi connectivity index (χ2v) is 6.32. The van der Waals surface area contributed by atoms with Crippen LogP contribution in [0.15, 0.2) is 42.1 Å². The Balaban J connectivity index is 1.75. The van der Waals surface area contributed by atoms with Crippen molar-refractivity contribution in [3.8, 4) is 0 Å². The van der Waals surface area contributed by atoms with Gasteiger partial charge in [0.15, 0.2) is 0 Å². The zero-order valence-corrected chi connectivity index (χ0v) is 14.0. The van der Waals surface area contributed by atoms with Crippen LogP contribution in [0.3, 0.4) is 0 Å². The minimum atomic E-state index is -0.250. The largest absolute Gasteiger partial charge is 0.338 e. The summed E-state index contributed by atoms with van der Waals surface area (Å²) >= 11 is 5.94. The predicted octanol–water partition coefficient (Wildman–Crippen LogP) is 3.46. The summed E-state index contributed by atoms with van der Waals surface area (Å²) < 4.78 is 1.63. The maximum atomic E-state index is 12.2. The van der Waals surface area contributed by atoms with Crippen molar-refractivity contribution in [2.45, 2.75) is 38.6 Å². The molecule has 0 spiro atoms. The Morgan fingerprint density at radius 2 is 2.00 bits per heavy atom. The van der Waals surface area contributed by atoms with Gasteiger partial charge in [-0.05, 0) is 25.0 Å². The Kier molecular flexibility index (Phi) is 5.59. The lowest BCUT2D eigenvalue weighted by atomic mass is 9.89. The third-order valence-electron chi connectivity index (χ3n) is 4.14. The van der Waals surface area contributed by atoms with Crippen LogP contribution in [0.5, 0.6) is 0 Å². The number of aromatic nitrogens is 3. The number of carbonyl (C=O) groups is 1. The summed E-state index contributed by atoms with van der Waals surface area (Å²) in [5.74, 6) is -0.292. The van der Waals surface area contributed by atoms with Crippen LogP contribution < -0.4 is 0 Å². The zero-order valence-electron chi connectivity index (χ0n) is 13.3. The molecule has 0 saturated heterocycles. The lowest BCUT2D eigenvalue weighted by Crippen LogP contribution is -2.20. The van der Waals surface area contributed by atoms with Crippen LogP contribution in [-0.2, 0) is 16.2 Å². The van der Waals surface area contributed by atoms with Gasteiger partial charge in [0, 0.05) is 10.6 Å². The molecule has 0 N–H and O–H groups in total. The van der Waals surface area contributed by atoms with Gasteiger partial charge in [-0.2, -0.15) is 5.10 Å². The summed E-state index contributed by atoms with van der Waals surface area (Å²) in [6.45, 7) is 0.361. The van der Waals surface area contributed by atoms with Gasteiger partial charge in [-0.25, -0.2) is 14.5 Å². The van der Waals surface area contributed by atoms with Crippen LogP contribution in [0.25, 0.3) is 0 Å². The number of benzene rings is 1. The highest BCUT2D eigenvalue weighted by Gasteiger charge is 2.23. The molecule has 2 aromatic rings. The first kappa shape index (κ1) is 16.6. The fraction of sp³-hybridized carbons (Fsp3) is 0.412. The van der Waals surface area contributed by atoms with E-state index in [0.717, 1.165) is 31.2 Å². The quantitative estimate of drug-likeness (QED) is 0.472. The van der Waals surface area contributed by atoms with E-state index >= 15 is 0 Å². The Hall–Kier alpha value is -2.21. The molecule has 1 aliphatic carbocycles. The van der Waals surface area contributed by atoms with Gasteiger partial charge < -0.3 is 4.84 Å². The van der Waals surface area contributed by atoms with Gasteiger partial charge in [-0.3, -0.25) is 0 Å². The van der Waals surface area contributed by atoms with E-state index in [1.54, 1.807) is 23.1 Å². The molecule has 0 unspecified atom stereocenters. The van der Waals surface area contributed by atoms with Crippen molar-refractivity contribution in [2.75, 3.05) is 0 Å². The summed E-state index contributed by atoms with van der Waals surface area (Å²) in [4.78, 5) is 21.4. The lowest BCUT2D eigenvalue weighted by molar-refractivity contribution is -0.149. The summed E-state index contributed by atoms with van der Waals surface area (Å²) in [5, 5.41) is 8.82. The standard InChI is InChI=1S/C17H19ClN4O2/c18-15-8-6-13(7-9-15)16(10-22-12-19-11-20-22)21-24-17(23)14-4-2-1-3-5-14/h6-9,11-12,14H,1-5,10H2. The topological polar surface area (TPSA) is 69.4 Å². The predicted molar refractivity (Wildman–Crippen MR) is 90.7 cm³/mol. The first-order valence-corrected chi connectivity index (χ1v) is 8.46. The molecule has 1 saturated carbocycles. The molecule has 126 valence electrons. The highest BCUT2D eigenvalue weighted by atomic mass is 35.5. The molecule has 0 atom stereocenters. The summed E-state index contributed by atoms with van der Waals surface area (Å²) in [6, 6.07) is 7.23. The van der Waals surface area contributed by atoms with E-state index in [0.29, 0.717) is 17.3 Å². The first-order valence-electron chi connectivity index (χ1n) is 8.08. The molecule has 0 amide bonds. The molecule has 0 bridgehead atoms. The van der Waals surface area contributed by atoms with E-state index in [1.807, 2.05) is 12.1 Å². The molecular formula is C17H19ClN4O2. The minimum Gasteiger partial charge on any atom is -0.318 e. The molecule has 1 fully saturated rings. The maximum Gasteiger partial charge on any atom is 0.338 e. The van der Waals surface area contributed by atoms with Gasteiger partial charge in [0.1, 0.15) is 18.4 Å². The van der Waals surface area contributed by atoms with Crippen LogP contribution in [0, 0.1) is 5.92 Å². The molecule has 7 heteroatoms. The number of hydrogen-bond donors (Lipinski definition) is 0. The number of hydrogen-bond acceptors (Lipinski definition) is 5. The van der Waals surface area contributed by atoms with E-state index in [4.69, 9.17) is 16.4 Å². The summed E-state index contributed by atoms with van der Waals surface area (Å²) in [5.41, 5.74) is 1.42. The number of nitrogens with zero attached hydrogens (tertiary/aromatic N) is 4. The molecule has 1 aromatic heterocycles. The number of carbonyl (C=O) groups excluding carboxylic acids is 1. The third-order valence-corrected chi connectivity index (χ3v) is 4.39. The van der Waals surface area contributed by atoms with Gasteiger partial charge in [0.25, 0.3) is 0 Å². The van der Waals surface area contributed by atoms with Gasteiger partial charge in [0.2, 0.25) is 0 Å². The second-order valence-electron chi connectivity index (χ2n) is 5.88. The minimum absolute atomic E-state index is 0.0414. The van der Waals surface area contributed by atoms with E-state index < -0.39 is 0 Å². The molecule has 6 nitrogen and oxygen atoms in total.